The molecule has 0 unspecified atom stereocenters. The van der Waals surface area contributed by atoms with E-state index in [9.17, 15) is 20.3 Å². The lowest BCUT2D eigenvalue weighted by molar-refractivity contribution is -0.408. The Morgan fingerprint density at radius 3 is 2.45 bits per heavy atom. The predicted octanol–water partition coefficient (Wildman–Crippen LogP) is 4.26. The molecule has 0 radical (unpaired) electrons. The highest BCUT2D eigenvalue weighted by molar-refractivity contribution is 8.02. The number of phenols is 2. The Hall–Kier alpha value is -2.18. The highest BCUT2D eigenvalue weighted by Gasteiger charge is 2.13. The molecule has 0 heterocycles. The van der Waals surface area contributed by atoms with Crippen LogP contribution in [0.4, 0.5) is 0 Å². The SMILES string of the molecule is O=[N+]([O-])/C(=C\c1ccc(O)c(O)c1)SCc1ccc(Cl)cc1. The van der Waals surface area contributed by atoms with Crippen LogP contribution in [0, 0.1) is 10.1 Å². The number of hydrogen-bond donors (Lipinski definition) is 2. The number of halogens is 1. The van der Waals surface area contributed by atoms with Crippen LogP contribution in [0.5, 0.6) is 11.5 Å². The second-order valence-corrected chi connectivity index (χ2v) is 5.84. The maximum absolute atomic E-state index is 11.1. The Morgan fingerprint density at radius 1 is 1.18 bits per heavy atom. The first-order valence-corrected chi connectivity index (χ1v) is 7.57. The van der Waals surface area contributed by atoms with Crippen LogP contribution in [0.15, 0.2) is 47.5 Å². The van der Waals surface area contributed by atoms with Gasteiger partial charge in [-0.15, -0.1) is 0 Å². The summed E-state index contributed by atoms with van der Waals surface area (Å²) in [6, 6.07) is 11.1. The molecule has 2 N–H and O–H groups in total. The van der Waals surface area contributed by atoms with Crippen molar-refractivity contribution in [3.8, 4) is 11.5 Å². The van der Waals surface area contributed by atoms with Gasteiger partial charge in [-0.3, -0.25) is 10.1 Å². The van der Waals surface area contributed by atoms with Crippen LogP contribution in [0.2, 0.25) is 5.02 Å². The molecule has 22 heavy (non-hydrogen) atoms. The average molecular weight is 338 g/mol. The van der Waals surface area contributed by atoms with Crippen LogP contribution in [-0.2, 0) is 5.75 Å². The molecule has 0 saturated heterocycles. The van der Waals surface area contributed by atoms with E-state index in [-0.39, 0.29) is 16.5 Å². The van der Waals surface area contributed by atoms with Crippen molar-refractivity contribution in [2.24, 2.45) is 0 Å². The zero-order valence-corrected chi connectivity index (χ0v) is 12.8. The van der Waals surface area contributed by atoms with Crippen LogP contribution < -0.4 is 0 Å². The van der Waals surface area contributed by atoms with Gasteiger partial charge in [0.1, 0.15) is 0 Å². The van der Waals surface area contributed by atoms with Crippen LogP contribution >= 0.6 is 23.4 Å². The summed E-state index contributed by atoms with van der Waals surface area (Å²) in [5, 5.41) is 30.3. The number of nitro groups is 1. The Kier molecular flexibility index (Phi) is 5.30. The van der Waals surface area contributed by atoms with Crippen molar-refractivity contribution in [2.75, 3.05) is 0 Å². The van der Waals surface area contributed by atoms with Gasteiger partial charge in [-0.05, 0) is 47.2 Å². The summed E-state index contributed by atoms with van der Waals surface area (Å²) < 4.78 is 0. The Morgan fingerprint density at radius 2 is 1.86 bits per heavy atom. The molecule has 114 valence electrons. The van der Waals surface area contributed by atoms with E-state index >= 15 is 0 Å². The number of rotatable bonds is 5. The van der Waals surface area contributed by atoms with E-state index in [1.54, 1.807) is 24.3 Å². The molecule has 2 rings (SSSR count). The first kappa shape index (κ1) is 16.2. The highest BCUT2D eigenvalue weighted by atomic mass is 35.5. The van der Waals surface area contributed by atoms with E-state index in [0.717, 1.165) is 17.3 Å². The van der Waals surface area contributed by atoms with Crippen molar-refractivity contribution in [3.05, 3.63) is 73.8 Å². The van der Waals surface area contributed by atoms with E-state index < -0.39 is 4.92 Å². The molecule has 7 heteroatoms. The monoisotopic (exact) mass is 337 g/mol. The molecule has 0 aliphatic carbocycles. The molecule has 0 aromatic heterocycles. The zero-order chi connectivity index (χ0) is 16.1. The number of hydrogen-bond acceptors (Lipinski definition) is 5. The third-order valence-electron chi connectivity index (χ3n) is 2.77. The molecule has 0 aliphatic rings. The summed E-state index contributed by atoms with van der Waals surface area (Å²) in [5.74, 6) is -0.165. The molecule has 2 aromatic rings. The molecule has 0 saturated carbocycles. The topological polar surface area (TPSA) is 83.6 Å². The quantitative estimate of drug-likeness (QED) is 0.484. The maximum atomic E-state index is 11.1. The van der Waals surface area contributed by atoms with Crippen LogP contribution in [-0.4, -0.2) is 15.1 Å². The van der Waals surface area contributed by atoms with Gasteiger partial charge in [0, 0.05) is 16.9 Å². The number of nitrogens with zero attached hydrogens (tertiary/aromatic N) is 1. The smallest absolute Gasteiger partial charge is 0.304 e. The fourth-order valence-corrected chi connectivity index (χ4v) is 2.62. The minimum absolute atomic E-state index is 0.0555. The van der Waals surface area contributed by atoms with E-state index in [1.807, 2.05) is 0 Å². The van der Waals surface area contributed by atoms with Crippen LogP contribution in [0.1, 0.15) is 11.1 Å². The molecular formula is C15H12ClNO4S. The molecule has 0 atom stereocenters. The molecular weight excluding hydrogens is 326 g/mol. The average Bonchev–Trinajstić information content (AvgIpc) is 2.48. The van der Waals surface area contributed by atoms with Crippen molar-refractivity contribution in [1.82, 2.24) is 0 Å². The third kappa shape index (κ3) is 4.41. The number of benzene rings is 2. The summed E-state index contributed by atoms with van der Waals surface area (Å²) in [4.78, 5) is 10.6. The second-order valence-electron chi connectivity index (χ2n) is 4.40. The molecule has 5 nitrogen and oxygen atoms in total. The molecule has 0 fully saturated rings. The summed E-state index contributed by atoms with van der Waals surface area (Å²) in [7, 11) is 0. The first-order valence-electron chi connectivity index (χ1n) is 6.21. The van der Waals surface area contributed by atoms with Crippen LogP contribution in [0.25, 0.3) is 6.08 Å². The summed E-state index contributed by atoms with van der Waals surface area (Å²) in [5.41, 5.74) is 1.35. The van der Waals surface area contributed by atoms with Gasteiger partial charge >= 0.3 is 5.03 Å². The number of aromatic hydroxyl groups is 2. The van der Waals surface area contributed by atoms with Crippen molar-refractivity contribution < 1.29 is 15.1 Å². The maximum Gasteiger partial charge on any atom is 0.304 e. The molecule has 0 amide bonds. The van der Waals surface area contributed by atoms with E-state index in [0.29, 0.717) is 16.3 Å². The molecule has 0 aliphatic heterocycles. The Labute approximate surface area is 136 Å². The Balaban J connectivity index is 2.15. The fraction of sp³-hybridized carbons (Fsp3) is 0.0667. The van der Waals surface area contributed by atoms with E-state index in [4.69, 9.17) is 11.6 Å². The third-order valence-corrected chi connectivity index (χ3v) is 4.06. The minimum atomic E-state index is -0.482. The lowest BCUT2D eigenvalue weighted by atomic mass is 10.2. The standard InChI is InChI=1S/C15H12ClNO4S/c16-12-4-1-10(2-5-12)9-22-15(17(20)21)8-11-3-6-13(18)14(19)7-11/h1-8,18-19H,9H2/b15-8+. The zero-order valence-electron chi connectivity index (χ0n) is 11.3. The summed E-state index contributed by atoms with van der Waals surface area (Å²) >= 11 is 6.86. The minimum Gasteiger partial charge on any atom is -0.504 e. The van der Waals surface area contributed by atoms with Gasteiger partial charge in [-0.1, -0.05) is 29.8 Å². The second kappa shape index (κ2) is 7.20. The van der Waals surface area contributed by atoms with Gasteiger partial charge in [-0.2, -0.15) is 0 Å². The molecule has 2 aromatic carbocycles. The molecule has 0 spiro atoms. The normalized spacial score (nSPS) is 11.4. The van der Waals surface area contributed by atoms with Gasteiger partial charge in [0.2, 0.25) is 0 Å². The van der Waals surface area contributed by atoms with Crippen molar-refractivity contribution in [2.45, 2.75) is 5.75 Å². The van der Waals surface area contributed by atoms with Crippen molar-refractivity contribution in [1.29, 1.82) is 0 Å². The lowest BCUT2D eigenvalue weighted by Gasteiger charge is -2.02. The van der Waals surface area contributed by atoms with Gasteiger partial charge in [-0.25, -0.2) is 0 Å². The van der Waals surface area contributed by atoms with Gasteiger partial charge in [0.05, 0.1) is 4.92 Å². The van der Waals surface area contributed by atoms with Crippen LogP contribution in [0.3, 0.4) is 0 Å². The first-order chi connectivity index (χ1) is 10.5. The predicted molar refractivity (Wildman–Crippen MR) is 87.5 cm³/mol. The Bertz CT molecular complexity index is 716. The van der Waals surface area contributed by atoms with Crippen molar-refractivity contribution >= 4 is 29.4 Å². The summed E-state index contributed by atoms with van der Waals surface area (Å²) in [6.07, 6.45) is 1.35. The molecule has 0 bridgehead atoms. The van der Waals surface area contributed by atoms with Gasteiger partial charge in [0.15, 0.2) is 11.5 Å². The highest BCUT2D eigenvalue weighted by Crippen LogP contribution is 2.29. The number of phenolic OH excluding ortho intramolecular Hbond substituents is 2. The number of thioether (sulfide) groups is 1. The van der Waals surface area contributed by atoms with Gasteiger partial charge in [0.25, 0.3) is 0 Å². The van der Waals surface area contributed by atoms with E-state index in [1.165, 1.54) is 24.3 Å². The van der Waals surface area contributed by atoms with Gasteiger partial charge < -0.3 is 10.2 Å². The largest absolute Gasteiger partial charge is 0.504 e. The lowest BCUT2D eigenvalue weighted by Crippen LogP contribution is -1.95. The van der Waals surface area contributed by atoms with Crippen molar-refractivity contribution in [3.63, 3.8) is 0 Å². The van der Waals surface area contributed by atoms with E-state index in [2.05, 4.69) is 0 Å². The fourth-order valence-electron chi connectivity index (χ4n) is 1.66. The summed E-state index contributed by atoms with van der Waals surface area (Å²) in [6.45, 7) is 0.